The topological polar surface area (TPSA) is 29.3 Å². The van der Waals surface area contributed by atoms with Crippen LogP contribution in [0.3, 0.4) is 0 Å². The van der Waals surface area contributed by atoms with Crippen LogP contribution in [0.25, 0.3) is 0 Å². The van der Waals surface area contributed by atoms with E-state index in [0.717, 1.165) is 11.0 Å². The summed E-state index contributed by atoms with van der Waals surface area (Å²) in [6, 6.07) is 7.41. The molecule has 2 rings (SSSR count). The van der Waals surface area contributed by atoms with E-state index < -0.39 is 0 Å². The van der Waals surface area contributed by atoms with Gasteiger partial charge in [-0.2, -0.15) is 0 Å². The molecule has 3 heteroatoms. The van der Waals surface area contributed by atoms with Crippen molar-refractivity contribution in [3.8, 4) is 0 Å². The van der Waals surface area contributed by atoms with E-state index >= 15 is 0 Å². The number of halogens is 1. The fourth-order valence-electron chi connectivity index (χ4n) is 3.11. The molecular weight excluding hydrogens is 300 g/mol. The lowest BCUT2D eigenvalue weighted by molar-refractivity contribution is 0.418. The molecule has 1 atom stereocenters. The average molecular weight is 325 g/mol. The van der Waals surface area contributed by atoms with Crippen LogP contribution in [0, 0.1) is 0 Å². The molecule has 1 aliphatic carbocycles. The van der Waals surface area contributed by atoms with Gasteiger partial charge in [0.25, 0.3) is 0 Å². The zero-order chi connectivity index (χ0) is 13.8. The van der Waals surface area contributed by atoms with Gasteiger partial charge < -0.3 is 10.6 Å². The summed E-state index contributed by atoms with van der Waals surface area (Å²) in [5, 5.41) is 0. The Morgan fingerprint density at radius 3 is 2.53 bits per heavy atom. The molecule has 2 nitrogen and oxygen atoms in total. The Morgan fingerprint density at radius 1 is 1.32 bits per heavy atom. The molecule has 0 saturated heterocycles. The van der Waals surface area contributed by atoms with Crippen molar-refractivity contribution >= 4 is 21.6 Å². The van der Waals surface area contributed by atoms with Crippen molar-refractivity contribution in [2.24, 2.45) is 5.73 Å². The van der Waals surface area contributed by atoms with Gasteiger partial charge in [-0.3, -0.25) is 0 Å². The van der Waals surface area contributed by atoms with Gasteiger partial charge in [0.1, 0.15) is 0 Å². The Morgan fingerprint density at radius 2 is 2.00 bits per heavy atom. The van der Waals surface area contributed by atoms with Crippen molar-refractivity contribution in [1.29, 1.82) is 0 Å². The maximum atomic E-state index is 5.97. The Hall–Kier alpha value is -0.540. The Kier molecular flexibility index (Phi) is 5.28. The lowest BCUT2D eigenvalue weighted by Crippen LogP contribution is -2.36. The zero-order valence-corrected chi connectivity index (χ0v) is 13.6. The van der Waals surface area contributed by atoms with Gasteiger partial charge in [0.2, 0.25) is 0 Å². The van der Waals surface area contributed by atoms with Gasteiger partial charge in [-0.1, -0.05) is 41.3 Å². The van der Waals surface area contributed by atoms with Crippen LogP contribution >= 0.6 is 15.9 Å². The molecule has 1 aromatic carbocycles. The second-order valence-corrected chi connectivity index (χ2v) is 6.43. The van der Waals surface area contributed by atoms with Gasteiger partial charge >= 0.3 is 0 Å². The van der Waals surface area contributed by atoms with Crippen molar-refractivity contribution in [3.63, 3.8) is 0 Å². The predicted molar refractivity (Wildman–Crippen MR) is 86.6 cm³/mol. The summed E-state index contributed by atoms with van der Waals surface area (Å²) in [5.41, 5.74) is 8.48. The second kappa shape index (κ2) is 6.76. The molecule has 0 radical (unpaired) electrons. The first-order valence-electron chi connectivity index (χ1n) is 7.45. The first-order valence-corrected chi connectivity index (χ1v) is 8.24. The van der Waals surface area contributed by atoms with Gasteiger partial charge in [-0.15, -0.1) is 0 Å². The summed E-state index contributed by atoms with van der Waals surface area (Å²) in [4.78, 5) is 2.55. The van der Waals surface area contributed by atoms with Gasteiger partial charge in [0.15, 0.2) is 0 Å². The van der Waals surface area contributed by atoms with Gasteiger partial charge in [0, 0.05) is 28.8 Å². The van der Waals surface area contributed by atoms with Crippen molar-refractivity contribution < 1.29 is 0 Å². The van der Waals surface area contributed by atoms with Crippen LogP contribution in [0.4, 0.5) is 5.69 Å². The fraction of sp³-hybridized carbons (Fsp3) is 0.625. The third kappa shape index (κ3) is 3.51. The summed E-state index contributed by atoms with van der Waals surface area (Å²) >= 11 is 3.66. The lowest BCUT2D eigenvalue weighted by atomic mass is 9.93. The smallest absolute Gasteiger partial charge is 0.0380 e. The minimum absolute atomic E-state index is 0.0770. The molecule has 0 amide bonds. The van der Waals surface area contributed by atoms with Crippen LogP contribution in [-0.4, -0.2) is 12.6 Å². The number of nitrogens with two attached hydrogens (primary N) is 1. The van der Waals surface area contributed by atoms with E-state index in [1.54, 1.807) is 0 Å². The molecule has 0 heterocycles. The normalized spacial score (nSPS) is 18.3. The zero-order valence-electron chi connectivity index (χ0n) is 12.0. The highest BCUT2D eigenvalue weighted by Gasteiger charge is 2.20. The molecule has 1 fully saturated rings. The summed E-state index contributed by atoms with van der Waals surface area (Å²) < 4.78 is 1.13. The standard InChI is InChI=1S/C16H25BrN2/c1-3-19(13-7-5-4-6-8-13)14-9-10-15(12(2)18)16(17)11-14/h9-13H,3-8,18H2,1-2H3/t12-/m0/s1. The van der Waals surface area contributed by atoms with Crippen LogP contribution in [0.5, 0.6) is 0 Å². The number of benzene rings is 1. The molecule has 1 aliphatic rings. The monoisotopic (exact) mass is 324 g/mol. The number of hydrogen-bond acceptors (Lipinski definition) is 2. The van der Waals surface area contributed by atoms with Crippen LogP contribution in [-0.2, 0) is 0 Å². The Labute approximate surface area is 125 Å². The summed E-state index contributed by atoms with van der Waals surface area (Å²) in [6.45, 7) is 5.36. The van der Waals surface area contributed by atoms with E-state index in [-0.39, 0.29) is 6.04 Å². The molecule has 2 N–H and O–H groups in total. The van der Waals surface area contributed by atoms with E-state index in [0.29, 0.717) is 6.04 Å². The fourth-order valence-corrected chi connectivity index (χ4v) is 3.84. The van der Waals surface area contributed by atoms with E-state index in [9.17, 15) is 0 Å². The number of anilines is 1. The lowest BCUT2D eigenvalue weighted by Gasteiger charge is -2.35. The molecular formula is C16H25BrN2. The van der Waals surface area contributed by atoms with Crippen molar-refractivity contribution in [2.45, 2.75) is 58.0 Å². The first kappa shape index (κ1) is 14.9. The SMILES string of the molecule is CCN(c1ccc([C@H](C)N)c(Br)c1)C1CCCCC1. The van der Waals surface area contributed by atoms with Crippen LogP contribution in [0.1, 0.15) is 57.6 Å². The van der Waals surface area contributed by atoms with E-state index in [4.69, 9.17) is 5.73 Å². The molecule has 0 aliphatic heterocycles. The average Bonchev–Trinajstić information content (AvgIpc) is 2.40. The highest BCUT2D eigenvalue weighted by atomic mass is 79.9. The molecule has 0 aromatic heterocycles. The molecule has 19 heavy (non-hydrogen) atoms. The highest BCUT2D eigenvalue weighted by molar-refractivity contribution is 9.10. The molecule has 0 spiro atoms. The first-order chi connectivity index (χ1) is 9.13. The Balaban J connectivity index is 2.20. The summed E-state index contributed by atoms with van der Waals surface area (Å²) in [7, 11) is 0. The van der Waals surface area contributed by atoms with Gasteiger partial charge in [-0.25, -0.2) is 0 Å². The molecule has 1 aromatic rings. The van der Waals surface area contributed by atoms with E-state index in [1.807, 2.05) is 6.92 Å². The van der Waals surface area contributed by atoms with E-state index in [1.165, 1.54) is 43.4 Å². The molecule has 0 bridgehead atoms. The molecule has 106 valence electrons. The van der Waals surface area contributed by atoms with Crippen molar-refractivity contribution in [3.05, 3.63) is 28.2 Å². The van der Waals surface area contributed by atoms with Crippen molar-refractivity contribution in [1.82, 2.24) is 0 Å². The van der Waals surface area contributed by atoms with Crippen LogP contribution in [0.2, 0.25) is 0 Å². The number of hydrogen-bond donors (Lipinski definition) is 1. The minimum Gasteiger partial charge on any atom is -0.369 e. The predicted octanol–water partition coefficient (Wildman–Crippen LogP) is 4.63. The highest BCUT2D eigenvalue weighted by Crippen LogP contribution is 2.31. The van der Waals surface area contributed by atoms with Crippen molar-refractivity contribution in [2.75, 3.05) is 11.4 Å². The second-order valence-electron chi connectivity index (χ2n) is 5.57. The van der Waals surface area contributed by atoms with Crippen LogP contribution < -0.4 is 10.6 Å². The summed E-state index contributed by atoms with van der Waals surface area (Å²) in [6.07, 6.45) is 6.82. The Bertz CT molecular complexity index is 411. The summed E-state index contributed by atoms with van der Waals surface area (Å²) in [5.74, 6) is 0. The minimum atomic E-state index is 0.0770. The maximum Gasteiger partial charge on any atom is 0.0380 e. The third-order valence-corrected chi connectivity index (χ3v) is 4.85. The molecule has 0 unspecified atom stereocenters. The van der Waals surface area contributed by atoms with E-state index in [2.05, 4.69) is 46.0 Å². The quantitative estimate of drug-likeness (QED) is 0.875. The third-order valence-electron chi connectivity index (χ3n) is 4.16. The number of nitrogens with zero attached hydrogens (tertiary/aromatic N) is 1. The largest absolute Gasteiger partial charge is 0.369 e. The molecule has 1 saturated carbocycles. The number of rotatable bonds is 4. The maximum absolute atomic E-state index is 5.97. The van der Waals surface area contributed by atoms with Gasteiger partial charge in [0.05, 0.1) is 0 Å². The van der Waals surface area contributed by atoms with Crippen LogP contribution in [0.15, 0.2) is 22.7 Å². The van der Waals surface area contributed by atoms with Gasteiger partial charge in [-0.05, 0) is 44.4 Å².